The summed E-state index contributed by atoms with van der Waals surface area (Å²) in [6.07, 6.45) is 11.4. The number of aryl methyl sites for hydroxylation is 1. The lowest BCUT2D eigenvalue weighted by atomic mass is 9.96. The minimum atomic E-state index is 0.361. The molecule has 1 aliphatic heterocycles. The highest BCUT2D eigenvalue weighted by Crippen LogP contribution is 2.30. The van der Waals surface area contributed by atoms with Crippen LogP contribution < -0.4 is 0 Å². The summed E-state index contributed by atoms with van der Waals surface area (Å²) < 4.78 is 2.28. The molecule has 0 spiro atoms. The molecule has 2 fully saturated rings. The third-order valence-electron chi connectivity index (χ3n) is 5.68. The van der Waals surface area contributed by atoms with E-state index in [1.54, 1.807) is 12.4 Å². The number of nitrogens with zero attached hydrogens (tertiary/aromatic N) is 4. The molecule has 0 aromatic carbocycles. The van der Waals surface area contributed by atoms with Crippen molar-refractivity contribution < 1.29 is 4.79 Å². The van der Waals surface area contributed by atoms with Crippen LogP contribution in [0, 0.1) is 18.8 Å². The predicted molar refractivity (Wildman–Crippen MR) is 96.8 cm³/mol. The molecule has 1 amide bonds. The maximum atomic E-state index is 12.4. The van der Waals surface area contributed by atoms with Crippen LogP contribution in [0.1, 0.15) is 37.8 Å². The Balaban J connectivity index is 1.35. The van der Waals surface area contributed by atoms with Crippen molar-refractivity contribution in [3.8, 4) is 11.4 Å². The molecule has 4 rings (SSSR count). The number of carbonyl (C=O) groups is 1. The van der Waals surface area contributed by atoms with Crippen molar-refractivity contribution in [2.75, 3.05) is 13.1 Å². The van der Waals surface area contributed by atoms with Crippen molar-refractivity contribution in [1.82, 2.24) is 19.4 Å². The van der Waals surface area contributed by atoms with E-state index in [1.807, 2.05) is 23.2 Å². The summed E-state index contributed by atoms with van der Waals surface area (Å²) in [6.45, 7) is 4.80. The average Bonchev–Trinajstić information content (AvgIpc) is 3.21. The monoisotopic (exact) mass is 338 g/mol. The Morgan fingerprint density at radius 2 is 1.88 bits per heavy atom. The second kappa shape index (κ2) is 6.98. The van der Waals surface area contributed by atoms with Gasteiger partial charge in [-0.1, -0.05) is 12.8 Å². The molecule has 0 radical (unpaired) electrons. The van der Waals surface area contributed by atoms with Crippen LogP contribution in [0.4, 0.5) is 0 Å². The van der Waals surface area contributed by atoms with Crippen LogP contribution in [0.25, 0.3) is 11.4 Å². The van der Waals surface area contributed by atoms with Crippen LogP contribution in [0.2, 0.25) is 0 Å². The number of amides is 1. The lowest BCUT2D eigenvalue weighted by Gasteiger charge is -2.40. The Hall–Kier alpha value is -2.17. The highest BCUT2D eigenvalue weighted by molar-refractivity contribution is 5.77. The van der Waals surface area contributed by atoms with Crippen molar-refractivity contribution in [3.63, 3.8) is 0 Å². The lowest BCUT2D eigenvalue weighted by molar-refractivity contribution is -0.138. The standard InChI is InChI=1S/C20H26N4O/c1-15-11-22-20(18-6-8-21-9-7-18)24(15)14-17-12-23(13-17)19(25)10-16-4-2-3-5-16/h6-9,11,16-17H,2-5,10,12-14H2,1H3. The van der Waals surface area contributed by atoms with Gasteiger partial charge in [0.15, 0.2) is 0 Å². The number of rotatable bonds is 5. The van der Waals surface area contributed by atoms with Crippen molar-refractivity contribution in [2.24, 2.45) is 11.8 Å². The Labute approximate surface area is 149 Å². The van der Waals surface area contributed by atoms with Crippen molar-refractivity contribution >= 4 is 5.91 Å². The van der Waals surface area contributed by atoms with Crippen molar-refractivity contribution in [2.45, 2.75) is 45.6 Å². The van der Waals surface area contributed by atoms with Gasteiger partial charge in [-0.15, -0.1) is 0 Å². The Morgan fingerprint density at radius 1 is 1.16 bits per heavy atom. The molecule has 0 bridgehead atoms. The molecule has 1 saturated carbocycles. The van der Waals surface area contributed by atoms with Crippen LogP contribution in [0.15, 0.2) is 30.7 Å². The van der Waals surface area contributed by atoms with Crippen LogP contribution in [-0.4, -0.2) is 38.4 Å². The van der Waals surface area contributed by atoms with Gasteiger partial charge < -0.3 is 9.47 Å². The fraction of sp³-hybridized carbons (Fsp3) is 0.550. The van der Waals surface area contributed by atoms with E-state index in [9.17, 15) is 4.79 Å². The third kappa shape index (κ3) is 3.46. The highest BCUT2D eigenvalue weighted by Gasteiger charge is 2.32. The van der Waals surface area contributed by atoms with Gasteiger partial charge in [-0.25, -0.2) is 4.98 Å². The molecule has 3 heterocycles. The minimum absolute atomic E-state index is 0.361. The molecule has 0 atom stereocenters. The molecule has 132 valence electrons. The summed E-state index contributed by atoms with van der Waals surface area (Å²) in [6, 6.07) is 3.99. The zero-order valence-electron chi connectivity index (χ0n) is 14.9. The molecule has 2 aromatic rings. The van der Waals surface area contributed by atoms with E-state index in [0.717, 1.165) is 37.4 Å². The number of likely N-dealkylation sites (tertiary alicyclic amines) is 1. The molecular formula is C20H26N4O. The van der Waals surface area contributed by atoms with E-state index in [0.29, 0.717) is 17.7 Å². The van der Waals surface area contributed by atoms with Crippen molar-refractivity contribution in [3.05, 3.63) is 36.4 Å². The van der Waals surface area contributed by atoms with E-state index in [4.69, 9.17) is 0 Å². The molecule has 2 aromatic heterocycles. The Bertz CT molecular complexity index is 727. The molecule has 5 nitrogen and oxygen atoms in total. The molecular weight excluding hydrogens is 312 g/mol. The fourth-order valence-electron chi connectivity index (χ4n) is 4.16. The quantitative estimate of drug-likeness (QED) is 0.840. The molecule has 1 aliphatic carbocycles. The second-order valence-corrected chi connectivity index (χ2v) is 7.59. The summed E-state index contributed by atoms with van der Waals surface area (Å²) >= 11 is 0. The molecule has 1 saturated heterocycles. The lowest BCUT2D eigenvalue weighted by Crippen LogP contribution is -2.51. The first-order valence-electron chi connectivity index (χ1n) is 9.41. The topological polar surface area (TPSA) is 51.0 Å². The van der Waals surface area contributed by atoms with E-state index >= 15 is 0 Å². The summed E-state index contributed by atoms with van der Waals surface area (Å²) in [5.41, 5.74) is 2.26. The van der Waals surface area contributed by atoms with E-state index in [1.165, 1.54) is 31.4 Å². The number of pyridine rings is 1. The fourth-order valence-corrected chi connectivity index (χ4v) is 4.16. The highest BCUT2D eigenvalue weighted by atomic mass is 16.2. The smallest absolute Gasteiger partial charge is 0.222 e. The first kappa shape index (κ1) is 16.3. The van der Waals surface area contributed by atoms with Gasteiger partial charge in [0.1, 0.15) is 5.82 Å². The van der Waals surface area contributed by atoms with E-state index in [2.05, 4.69) is 21.5 Å². The summed E-state index contributed by atoms with van der Waals surface area (Å²) in [4.78, 5) is 23.1. The van der Waals surface area contributed by atoms with Gasteiger partial charge in [0.05, 0.1) is 0 Å². The van der Waals surface area contributed by atoms with Crippen LogP contribution in [-0.2, 0) is 11.3 Å². The van der Waals surface area contributed by atoms with Crippen LogP contribution in [0.5, 0.6) is 0 Å². The summed E-state index contributed by atoms with van der Waals surface area (Å²) in [7, 11) is 0. The summed E-state index contributed by atoms with van der Waals surface area (Å²) in [5.74, 6) is 2.53. The van der Waals surface area contributed by atoms with Gasteiger partial charge in [0.25, 0.3) is 0 Å². The number of hydrogen-bond donors (Lipinski definition) is 0. The van der Waals surface area contributed by atoms with Gasteiger partial charge in [-0.2, -0.15) is 0 Å². The van der Waals surface area contributed by atoms with Gasteiger partial charge in [-0.05, 0) is 37.8 Å². The van der Waals surface area contributed by atoms with E-state index < -0.39 is 0 Å². The van der Waals surface area contributed by atoms with Gasteiger partial charge >= 0.3 is 0 Å². The molecule has 5 heteroatoms. The van der Waals surface area contributed by atoms with Crippen LogP contribution >= 0.6 is 0 Å². The molecule has 2 aliphatic rings. The maximum Gasteiger partial charge on any atom is 0.222 e. The van der Waals surface area contributed by atoms with Gasteiger partial charge in [0.2, 0.25) is 5.91 Å². The van der Waals surface area contributed by atoms with E-state index in [-0.39, 0.29) is 0 Å². The predicted octanol–water partition coefficient (Wildman–Crippen LogP) is 3.29. The maximum absolute atomic E-state index is 12.4. The van der Waals surface area contributed by atoms with Gasteiger partial charge in [-0.3, -0.25) is 9.78 Å². The minimum Gasteiger partial charge on any atom is -0.342 e. The molecule has 25 heavy (non-hydrogen) atoms. The third-order valence-corrected chi connectivity index (χ3v) is 5.68. The molecule has 0 unspecified atom stereocenters. The SMILES string of the molecule is Cc1cnc(-c2ccncc2)n1CC1CN(C(=O)CC2CCCC2)C1. The Kier molecular flexibility index (Phi) is 4.55. The molecule has 0 N–H and O–H groups in total. The Morgan fingerprint density at radius 3 is 2.60 bits per heavy atom. The zero-order chi connectivity index (χ0) is 17.2. The van der Waals surface area contributed by atoms with Crippen LogP contribution in [0.3, 0.4) is 0 Å². The number of hydrogen-bond acceptors (Lipinski definition) is 3. The summed E-state index contributed by atoms with van der Waals surface area (Å²) in [5, 5.41) is 0. The number of aromatic nitrogens is 3. The average molecular weight is 338 g/mol. The first-order chi connectivity index (χ1) is 12.2. The zero-order valence-corrected chi connectivity index (χ0v) is 14.9. The number of imidazole rings is 1. The largest absolute Gasteiger partial charge is 0.342 e. The van der Waals surface area contributed by atoms with Gasteiger partial charge in [0, 0.05) is 61.8 Å². The first-order valence-corrected chi connectivity index (χ1v) is 9.41. The van der Waals surface area contributed by atoms with Crippen molar-refractivity contribution in [1.29, 1.82) is 0 Å². The second-order valence-electron chi connectivity index (χ2n) is 7.59. The normalized spacial score (nSPS) is 18.5. The number of carbonyl (C=O) groups excluding carboxylic acids is 1.